The van der Waals surface area contributed by atoms with E-state index in [9.17, 15) is 4.79 Å². The van der Waals surface area contributed by atoms with Crippen LogP contribution in [0.5, 0.6) is 0 Å². The van der Waals surface area contributed by atoms with Crippen molar-refractivity contribution in [3.63, 3.8) is 0 Å². The largest absolute Gasteiger partial charge is 0.377 e. The minimum atomic E-state index is -0.190. The molecule has 2 atom stereocenters. The molecule has 0 radical (unpaired) electrons. The summed E-state index contributed by atoms with van der Waals surface area (Å²) >= 11 is 0. The summed E-state index contributed by atoms with van der Waals surface area (Å²) in [4.78, 5) is 18.7. The lowest BCUT2D eigenvalue weighted by atomic mass is 9.85. The first-order valence-electron chi connectivity index (χ1n) is 7.54. The molecule has 2 aliphatic rings. The van der Waals surface area contributed by atoms with Gasteiger partial charge in [-0.05, 0) is 37.8 Å². The molecule has 1 amide bonds. The molecule has 21 heavy (non-hydrogen) atoms. The van der Waals surface area contributed by atoms with Gasteiger partial charge in [-0.25, -0.2) is 0 Å². The molecule has 0 aliphatic carbocycles. The zero-order chi connectivity index (χ0) is 14.9. The molecule has 5 nitrogen and oxygen atoms in total. The fourth-order valence-electron chi connectivity index (χ4n) is 3.45. The van der Waals surface area contributed by atoms with Crippen molar-refractivity contribution in [1.29, 1.82) is 0 Å². The highest BCUT2D eigenvalue weighted by molar-refractivity contribution is 5.93. The number of ether oxygens (including phenoxy) is 2. The standard InChI is InChI=1S/C16H22N2O3/c1-12-5-3-8-17-14(12)15(19)18-9-7-16(6-4-10-21-16)13(11-18)20-2/h3,5,8,13H,4,6-7,9-11H2,1-2H3/t13-,16-/m0/s1. The van der Waals surface area contributed by atoms with Gasteiger partial charge in [0.05, 0.1) is 12.1 Å². The van der Waals surface area contributed by atoms with Gasteiger partial charge >= 0.3 is 0 Å². The fourth-order valence-corrected chi connectivity index (χ4v) is 3.45. The van der Waals surface area contributed by atoms with Crippen LogP contribution in [0.3, 0.4) is 0 Å². The molecule has 1 spiro atoms. The van der Waals surface area contributed by atoms with E-state index in [-0.39, 0.29) is 17.6 Å². The van der Waals surface area contributed by atoms with E-state index in [0.29, 0.717) is 18.8 Å². The third kappa shape index (κ3) is 2.56. The molecule has 1 aromatic heterocycles. The second kappa shape index (κ2) is 5.73. The smallest absolute Gasteiger partial charge is 0.272 e. The van der Waals surface area contributed by atoms with Crippen LogP contribution < -0.4 is 0 Å². The number of nitrogens with zero attached hydrogens (tertiary/aromatic N) is 2. The highest BCUT2D eigenvalue weighted by Crippen LogP contribution is 2.37. The third-order valence-electron chi connectivity index (χ3n) is 4.70. The van der Waals surface area contributed by atoms with Gasteiger partial charge in [-0.2, -0.15) is 0 Å². The van der Waals surface area contributed by atoms with Gasteiger partial charge in [-0.3, -0.25) is 9.78 Å². The second-order valence-electron chi connectivity index (χ2n) is 5.91. The molecular formula is C16H22N2O3. The first-order valence-corrected chi connectivity index (χ1v) is 7.54. The van der Waals surface area contributed by atoms with E-state index in [1.807, 2.05) is 24.0 Å². The summed E-state index contributed by atoms with van der Waals surface area (Å²) in [6.45, 7) is 3.99. The van der Waals surface area contributed by atoms with E-state index < -0.39 is 0 Å². The predicted molar refractivity (Wildman–Crippen MR) is 78.2 cm³/mol. The van der Waals surface area contributed by atoms with Gasteiger partial charge in [0.25, 0.3) is 5.91 Å². The average Bonchev–Trinajstić information content (AvgIpc) is 2.97. The summed E-state index contributed by atoms with van der Waals surface area (Å²) in [5, 5.41) is 0. The molecule has 0 N–H and O–H groups in total. The Morgan fingerprint density at radius 2 is 2.38 bits per heavy atom. The Balaban J connectivity index is 1.76. The van der Waals surface area contributed by atoms with Gasteiger partial charge in [-0.15, -0.1) is 0 Å². The summed E-state index contributed by atoms with van der Waals surface area (Å²) < 4.78 is 11.6. The number of carbonyl (C=O) groups excluding carboxylic acids is 1. The summed E-state index contributed by atoms with van der Waals surface area (Å²) in [5.41, 5.74) is 1.26. The Morgan fingerprint density at radius 1 is 1.52 bits per heavy atom. The maximum absolute atomic E-state index is 12.7. The number of likely N-dealkylation sites (tertiary alicyclic amines) is 1. The SMILES string of the molecule is CO[C@H]1CN(C(=O)c2ncccc2C)CC[C@@]12CCCO2. The van der Waals surface area contributed by atoms with Crippen LogP contribution in [0.15, 0.2) is 18.3 Å². The monoisotopic (exact) mass is 290 g/mol. The molecule has 1 aromatic rings. The van der Waals surface area contributed by atoms with Crippen LogP contribution in [0.2, 0.25) is 0 Å². The minimum absolute atomic E-state index is 0.0111. The summed E-state index contributed by atoms with van der Waals surface area (Å²) in [7, 11) is 1.70. The zero-order valence-electron chi connectivity index (χ0n) is 12.7. The van der Waals surface area contributed by atoms with Crippen molar-refractivity contribution in [3.05, 3.63) is 29.6 Å². The van der Waals surface area contributed by atoms with Crippen molar-refractivity contribution in [2.24, 2.45) is 0 Å². The Labute approximate surface area is 125 Å². The van der Waals surface area contributed by atoms with Gasteiger partial charge in [0.15, 0.2) is 0 Å². The Bertz CT molecular complexity index is 526. The molecule has 2 aliphatic heterocycles. The zero-order valence-corrected chi connectivity index (χ0v) is 12.7. The van der Waals surface area contributed by atoms with E-state index in [1.54, 1.807) is 13.3 Å². The number of pyridine rings is 1. The highest BCUT2D eigenvalue weighted by Gasteiger charge is 2.47. The van der Waals surface area contributed by atoms with Gasteiger partial charge in [0.2, 0.25) is 0 Å². The maximum Gasteiger partial charge on any atom is 0.272 e. The first-order chi connectivity index (χ1) is 10.2. The molecule has 0 saturated carbocycles. The Hall–Kier alpha value is -1.46. The van der Waals surface area contributed by atoms with Crippen molar-refractivity contribution in [1.82, 2.24) is 9.88 Å². The second-order valence-corrected chi connectivity index (χ2v) is 5.91. The van der Waals surface area contributed by atoms with Crippen LogP contribution in [-0.4, -0.2) is 54.3 Å². The van der Waals surface area contributed by atoms with Gasteiger partial charge in [-0.1, -0.05) is 6.07 Å². The van der Waals surface area contributed by atoms with Crippen molar-refractivity contribution in [3.8, 4) is 0 Å². The van der Waals surface area contributed by atoms with E-state index in [2.05, 4.69) is 4.98 Å². The molecule has 2 saturated heterocycles. The molecule has 0 bridgehead atoms. The molecular weight excluding hydrogens is 268 g/mol. The topological polar surface area (TPSA) is 51.7 Å². The first kappa shape index (κ1) is 14.5. The number of piperidine rings is 1. The fraction of sp³-hybridized carbons (Fsp3) is 0.625. The predicted octanol–water partition coefficient (Wildman–Crippen LogP) is 1.80. The van der Waals surface area contributed by atoms with Gasteiger partial charge < -0.3 is 14.4 Å². The van der Waals surface area contributed by atoms with Crippen molar-refractivity contribution in [2.75, 3.05) is 26.8 Å². The number of rotatable bonds is 2. The number of hydrogen-bond acceptors (Lipinski definition) is 4. The molecule has 114 valence electrons. The highest BCUT2D eigenvalue weighted by atomic mass is 16.5. The third-order valence-corrected chi connectivity index (χ3v) is 4.70. The lowest BCUT2D eigenvalue weighted by Gasteiger charge is -2.44. The normalized spacial score (nSPS) is 29.0. The van der Waals surface area contributed by atoms with E-state index in [1.165, 1.54) is 0 Å². The quantitative estimate of drug-likeness (QED) is 0.833. The lowest BCUT2D eigenvalue weighted by Crippen LogP contribution is -2.57. The molecule has 0 unspecified atom stereocenters. The van der Waals surface area contributed by atoms with E-state index in [0.717, 1.165) is 31.4 Å². The van der Waals surface area contributed by atoms with Crippen LogP contribution in [0.25, 0.3) is 0 Å². The number of aryl methyl sites for hydroxylation is 1. The van der Waals surface area contributed by atoms with Crippen LogP contribution in [-0.2, 0) is 9.47 Å². The van der Waals surface area contributed by atoms with E-state index >= 15 is 0 Å². The maximum atomic E-state index is 12.7. The van der Waals surface area contributed by atoms with Gasteiger partial charge in [0, 0.05) is 26.5 Å². The van der Waals surface area contributed by atoms with Gasteiger partial charge in [0.1, 0.15) is 11.8 Å². The summed E-state index contributed by atoms with van der Waals surface area (Å²) in [5.74, 6) is -0.0111. The van der Waals surface area contributed by atoms with Crippen molar-refractivity contribution in [2.45, 2.75) is 37.9 Å². The van der Waals surface area contributed by atoms with Crippen molar-refractivity contribution >= 4 is 5.91 Å². The summed E-state index contributed by atoms with van der Waals surface area (Å²) in [6, 6.07) is 3.77. The molecule has 2 fully saturated rings. The summed E-state index contributed by atoms with van der Waals surface area (Å²) in [6.07, 6.45) is 4.55. The number of methoxy groups -OCH3 is 1. The molecule has 5 heteroatoms. The van der Waals surface area contributed by atoms with E-state index in [4.69, 9.17) is 9.47 Å². The van der Waals surface area contributed by atoms with Crippen LogP contribution >= 0.6 is 0 Å². The average molecular weight is 290 g/mol. The Morgan fingerprint density at radius 3 is 3.05 bits per heavy atom. The molecule has 3 heterocycles. The number of amides is 1. The van der Waals surface area contributed by atoms with Crippen molar-refractivity contribution < 1.29 is 14.3 Å². The lowest BCUT2D eigenvalue weighted by molar-refractivity contribution is -0.136. The van der Waals surface area contributed by atoms with Crippen LogP contribution in [0, 0.1) is 6.92 Å². The number of hydrogen-bond donors (Lipinski definition) is 0. The number of aromatic nitrogens is 1. The van der Waals surface area contributed by atoms with Crippen LogP contribution in [0.1, 0.15) is 35.3 Å². The van der Waals surface area contributed by atoms with Crippen LogP contribution in [0.4, 0.5) is 0 Å². The minimum Gasteiger partial charge on any atom is -0.377 e. The Kier molecular flexibility index (Phi) is 3.95. The molecule has 0 aromatic carbocycles. The molecule has 3 rings (SSSR count). The number of carbonyl (C=O) groups is 1.